The highest BCUT2D eigenvalue weighted by Gasteiger charge is 2.13. The highest BCUT2D eigenvalue weighted by molar-refractivity contribution is 7.98. The van der Waals surface area contributed by atoms with Crippen molar-refractivity contribution >= 4 is 45.2 Å². The number of fused-ring (bicyclic) bond motifs is 1. The Bertz CT molecular complexity index is 1080. The van der Waals surface area contributed by atoms with Gasteiger partial charge in [0, 0.05) is 17.9 Å². The molecule has 0 unspecified atom stereocenters. The number of thioether (sulfide) groups is 1. The molecule has 2 aromatic carbocycles. The van der Waals surface area contributed by atoms with Gasteiger partial charge in [-0.15, -0.1) is 0 Å². The summed E-state index contributed by atoms with van der Waals surface area (Å²) >= 11 is 3.11. The second kappa shape index (κ2) is 9.76. The summed E-state index contributed by atoms with van der Waals surface area (Å²) in [7, 11) is 1.58. The van der Waals surface area contributed by atoms with E-state index in [1.165, 1.54) is 11.3 Å². The molecule has 6 nitrogen and oxygen atoms in total. The number of rotatable bonds is 7. The average Bonchev–Trinajstić information content (AvgIpc) is 3.08. The highest BCUT2D eigenvalue weighted by Crippen LogP contribution is 2.21. The van der Waals surface area contributed by atoms with Gasteiger partial charge in [-0.2, -0.15) is 16.8 Å². The molecule has 29 heavy (non-hydrogen) atoms. The van der Waals surface area contributed by atoms with E-state index in [1.807, 2.05) is 16.9 Å². The zero-order valence-corrected chi connectivity index (χ0v) is 18.1. The van der Waals surface area contributed by atoms with Crippen LogP contribution < -0.4 is 9.54 Å². The number of amides is 1. The molecule has 0 fully saturated rings. The van der Waals surface area contributed by atoms with Crippen molar-refractivity contribution in [3.63, 3.8) is 0 Å². The molecule has 0 bridgehead atoms. The van der Waals surface area contributed by atoms with Crippen LogP contribution in [0.3, 0.4) is 0 Å². The summed E-state index contributed by atoms with van der Waals surface area (Å²) in [6.07, 6.45) is 2.04. The summed E-state index contributed by atoms with van der Waals surface area (Å²) < 4.78 is 13.1. The van der Waals surface area contributed by atoms with Gasteiger partial charge in [0.05, 0.1) is 29.5 Å². The van der Waals surface area contributed by atoms with E-state index in [0.29, 0.717) is 34.8 Å². The molecule has 0 aliphatic heterocycles. The predicted octanol–water partition coefficient (Wildman–Crippen LogP) is 3.99. The van der Waals surface area contributed by atoms with E-state index < -0.39 is 0 Å². The van der Waals surface area contributed by atoms with Crippen LogP contribution >= 0.6 is 23.1 Å². The van der Waals surface area contributed by atoms with Crippen LogP contribution in [-0.4, -0.2) is 42.2 Å². The lowest BCUT2D eigenvalue weighted by molar-refractivity contribution is 0.0526. The molecule has 1 amide bonds. The number of nitrogens with zero attached hydrogens (tertiary/aromatic N) is 2. The average molecular weight is 431 g/mol. The van der Waals surface area contributed by atoms with E-state index in [9.17, 15) is 9.59 Å². The Morgan fingerprint density at radius 2 is 1.86 bits per heavy atom. The smallest absolute Gasteiger partial charge is 0.338 e. The van der Waals surface area contributed by atoms with Crippen LogP contribution in [0.5, 0.6) is 5.75 Å². The van der Waals surface area contributed by atoms with Gasteiger partial charge < -0.3 is 14.0 Å². The van der Waals surface area contributed by atoms with E-state index in [4.69, 9.17) is 9.47 Å². The molecule has 1 aromatic heterocycles. The Kier molecular flexibility index (Phi) is 7.11. The van der Waals surface area contributed by atoms with Gasteiger partial charge in [-0.1, -0.05) is 11.3 Å². The summed E-state index contributed by atoms with van der Waals surface area (Å²) in [5, 5.41) is 0. The van der Waals surface area contributed by atoms with Crippen molar-refractivity contribution in [3.8, 4) is 5.75 Å². The normalized spacial score (nSPS) is 11.6. The van der Waals surface area contributed by atoms with Crippen LogP contribution in [0.25, 0.3) is 10.2 Å². The minimum absolute atomic E-state index is 0.317. The van der Waals surface area contributed by atoms with E-state index in [-0.39, 0.29) is 11.9 Å². The summed E-state index contributed by atoms with van der Waals surface area (Å²) in [5.41, 5.74) is 1.93. The van der Waals surface area contributed by atoms with Crippen molar-refractivity contribution in [2.75, 3.05) is 25.7 Å². The van der Waals surface area contributed by atoms with Crippen LogP contribution in [0, 0.1) is 0 Å². The van der Waals surface area contributed by atoms with Gasteiger partial charge in [0.15, 0.2) is 4.80 Å². The van der Waals surface area contributed by atoms with Crippen molar-refractivity contribution in [2.45, 2.75) is 13.5 Å². The number of methoxy groups -OCH3 is 1. The molecule has 0 saturated carbocycles. The first-order valence-electron chi connectivity index (χ1n) is 9.10. The number of benzene rings is 2. The third-order valence-corrected chi connectivity index (χ3v) is 5.88. The second-order valence-corrected chi connectivity index (χ2v) is 8.07. The Morgan fingerprint density at radius 3 is 2.52 bits per heavy atom. The molecule has 3 aromatic rings. The fraction of sp³-hybridized carbons (Fsp3) is 0.286. The molecule has 0 saturated heterocycles. The number of ether oxygens (including phenoxy) is 2. The van der Waals surface area contributed by atoms with Crippen molar-refractivity contribution in [2.24, 2.45) is 4.99 Å². The van der Waals surface area contributed by atoms with Gasteiger partial charge in [0.2, 0.25) is 0 Å². The molecule has 3 rings (SSSR count). The first-order chi connectivity index (χ1) is 14.1. The highest BCUT2D eigenvalue weighted by atomic mass is 32.2. The molecule has 0 aliphatic carbocycles. The van der Waals surface area contributed by atoms with Gasteiger partial charge in [0.1, 0.15) is 5.75 Å². The first-order valence-corrected chi connectivity index (χ1v) is 11.3. The predicted molar refractivity (Wildman–Crippen MR) is 117 cm³/mol. The number of carbonyl (C=O) groups excluding carboxylic acids is 2. The van der Waals surface area contributed by atoms with Crippen LogP contribution in [0.2, 0.25) is 0 Å². The molecular weight excluding hydrogens is 408 g/mol. The second-order valence-electron chi connectivity index (χ2n) is 6.08. The maximum Gasteiger partial charge on any atom is 0.338 e. The van der Waals surface area contributed by atoms with E-state index in [1.54, 1.807) is 62.2 Å². The molecule has 0 N–H and O–H groups in total. The van der Waals surface area contributed by atoms with Gasteiger partial charge >= 0.3 is 5.97 Å². The van der Waals surface area contributed by atoms with Crippen molar-refractivity contribution in [3.05, 3.63) is 58.4 Å². The minimum atomic E-state index is -0.355. The maximum absolute atomic E-state index is 12.7. The van der Waals surface area contributed by atoms with E-state index in [0.717, 1.165) is 16.0 Å². The van der Waals surface area contributed by atoms with Crippen LogP contribution in [0.1, 0.15) is 27.6 Å². The lowest BCUT2D eigenvalue weighted by Gasteiger charge is -2.05. The SMILES string of the molecule is CCOC(=O)c1ccc2c(c1)sc(=NC(=O)c1ccc(OC)cc1)n2CCSC. The Hall–Kier alpha value is -2.58. The first kappa shape index (κ1) is 21.1. The minimum Gasteiger partial charge on any atom is -0.497 e. The van der Waals surface area contributed by atoms with Gasteiger partial charge in [-0.3, -0.25) is 4.79 Å². The third-order valence-electron chi connectivity index (χ3n) is 4.25. The van der Waals surface area contributed by atoms with Crippen LogP contribution in [0.15, 0.2) is 47.5 Å². The fourth-order valence-corrected chi connectivity index (χ4v) is 4.24. The zero-order chi connectivity index (χ0) is 20.8. The molecule has 1 heterocycles. The number of carbonyl (C=O) groups is 2. The third kappa shape index (κ3) is 4.89. The zero-order valence-electron chi connectivity index (χ0n) is 16.5. The number of hydrogen-bond donors (Lipinski definition) is 0. The fourth-order valence-electron chi connectivity index (χ4n) is 2.78. The summed E-state index contributed by atoms with van der Waals surface area (Å²) in [6, 6.07) is 12.3. The van der Waals surface area contributed by atoms with Gasteiger partial charge in [-0.05, 0) is 55.6 Å². The number of esters is 1. The van der Waals surface area contributed by atoms with Crippen molar-refractivity contribution in [1.29, 1.82) is 0 Å². The molecule has 8 heteroatoms. The monoisotopic (exact) mass is 430 g/mol. The Balaban J connectivity index is 2.04. The maximum atomic E-state index is 12.7. The number of aromatic nitrogens is 1. The van der Waals surface area contributed by atoms with Gasteiger partial charge in [-0.25, -0.2) is 4.79 Å². The standard InChI is InChI=1S/C21H22N2O4S2/c1-4-27-20(25)15-7-10-17-18(13-15)29-21(23(17)11-12-28-3)22-19(24)14-5-8-16(26-2)9-6-14/h5-10,13H,4,11-12H2,1-3H3. The molecule has 0 spiro atoms. The number of thiazole rings is 1. The van der Waals surface area contributed by atoms with E-state index in [2.05, 4.69) is 4.99 Å². The van der Waals surface area contributed by atoms with Crippen LogP contribution in [0.4, 0.5) is 0 Å². The molecular formula is C21H22N2O4S2. The Labute approximate surface area is 177 Å². The molecule has 0 aliphatic rings. The lowest BCUT2D eigenvalue weighted by Crippen LogP contribution is -2.18. The van der Waals surface area contributed by atoms with Gasteiger partial charge in [0.25, 0.3) is 5.91 Å². The van der Waals surface area contributed by atoms with E-state index >= 15 is 0 Å². The topological polar surface area (TPSA) is 69.9 Å². The summed E-state index contributed by atoms with van der Waals surface area (Å²) in [6.45, 7) is 2.82. The van der Waals surface area contributed by atoms with Crippen molar-refractivity contribution in [1.82, 2.24) is 4.57 Å². The quantitative estimate of drug-likeness (QED) is 0.530. The number of aryl methyl sites for hydroxylation is 1. The lowest BCUT2D eigenvalue weighted by atomic mass is 10.2. The molecule has 152 valence electrons. The summed E-state index contributed by atoms with van der Waals surface area (Å²) in [4.78, 5) is 29.7. The van der Waals surface area contributed by atoms with Crippen molar-refractivity contribution < 1.29 is 19.1 Å². The Morgan fingerprint density at radius 1 is 1.14 bits per heavy atom. The van der Waals surface area contributed by atoms with Crippen LogP contribution in [-0.2, 0) is 11.3 Å². The molecule has 0 atom stereocenters. The molecule has 0 radical (unpaired) electrons. The summed E-state index contributed by atoms with van der Waals surface area (Å²) in [5.74, 6) is 0.897. The number of hydrogen-bond acceptors (Lipinski definition) is 6. The largest absolute Gasteiger partial charge is 0.497 e.